The summed E-state index contributed by atoms with van der Waals surface area (Å²) in [5.41, 5.74) is 2.46. The van der Waals surface area contributed by atoms with Crippen molar-refractivity contribution >= 4 is 22.8 Å². The molecule has 1 aromatic carbocycles. The molecule has 0 aromatic heterocycles. The van der Waals surface area contributed by atoms with E-state index in [2.05, 4.69) is 50.9 Å². The number of benzene rings is 1. The lowest BCUT2D eigenvalue weighted by Crippen LogP contribution is -2.34. The molecule has 0 saturated heterocycles. The molecule has 1 amide bonds. The predicted molar refractivity (Wildman–Crippen MR) is 108 cm³/mol. The van der Waals surface area contributed by atoms with E-state index in [1.165, 1.54) is 31.2 Å². The van der Waals surface area contributed by atoms with Gasteiger partial charge in [-0.1, -0.05) is 54.9 Å². The smallest absolute Gasteiger partial charge is 0.225 e. The number of carbonyl (C=O) groups is 1. The summed E-state index contributed by atoms with van der Waals surface area (Å²) >= 11 is 1.65. The van der Waals surface area contributed by atoms with Gasteiger partial charge in [0, 0.05) is 31.2 Å². The van der Waals surface area contributed by atoms with Crippen LogP contribution in [0.4, 0.5) is 0 Å². The Hall–Kier alpha value is -1.75. The van der Waals surface area contributed by atoms with Crippen molar-refractivity contribution < 1.29 is 4.79 Å². The first-order valence-corrected chi connectivity index (χ1v) is 10.7. The molecule has 2 aliphatic heterocycles. The topological polar surface area (TPSA) is 44.7 Å². The second kappa shape index (κ2) is 8.30. The zero-order valence-corrected chi connectivity index (χ0v) is 16.0. The predicted octanol–water partition coefficient (Wildman–Crippen LogP) is 4.12. The summed E-state index contributed by atoms with van der Waals surface area (Å²) < 4.78 is 0. The summed E-state index contributed by atoms with van der Waals surface area (Å²) in [7, 11) is 0. The van der Waals surface area contributed by atoms with Crippen molar-refractivity contribution in [1.82, 2.24) is 10.2 Å². The van der Waals surface area contributed by atoms with E-state index in [0.29, 0.717) is 18.3 Å². The number of nitrogens with zero attached hydrogens (tertiary/aromatic N) is 2. The molecule has 1 fully saturated rings. The standard InChI is InChI=1S/C21H27N3OS/c25-20(13-18-15-26-21-22-11-6-12-24(18)21)23-14-19(17-9-4-5-10-17)16-7-2-1-3-8-16/h1-3,7-8,15,17,19H,4-6,9-14H2,(H,23,25)/t19-/m1/s1. The molecule has 138 valence electrons. The van der Waals surface area contributed by atoms with Crippen LogP contribution in [0.1, 0.15) is 50.0 Å². The van der Waals surface area contributed by atoms with E-state index < -0.39 is 0 Å². The third kappa shape index (κ3) is 3.98. The third-order valence-corrected chi connectivity index (χ3v) is 6.67. The highest BCUT2D eigenvalue weighted by molar-refractivity contribution is 8.16. The van der Waals surface area contributed by atoms with Gasteiger partial charge in [-0.25, -0.2) is 0 Å². The molecule has 4 nitrogen and oxygen atoms in total. The number of amidine groups is 1. The fraction of sp³-hybridized carbons (Fsp3) is 0.524. The fourth-order valence-corrected chi connectivity index (χ4v) is 5.29. The van der Waals surface area contributed by atoms with Gasteiger partial charge in [-0.05, 0) is 36.2 Å². The molecular weight excluding hydrogens is 342 g/mol. The number of nitrogens with one attached hydrogen (secondary N) is 1. The molecule has 0 spiro atoms. The third-order valence-electron chi connectivity index (χ3n) is 5.72. The van der Waals surface area contributed by atoms with Crippen LogP contribution in [-0.2, 0) is 4.79 Å². The Kier molecular flexibility index (Phi) is 5.63. The maximum Gasteiger partial charge on any atom is 0.225 e. The monoisotopic (exact) mass is 369 g/mol. The molecule has 5 heteroatoms. The molecule has 3 aliphatic rings. The molecule has 4 rings (SSSR count). The van der Waals surface area contributed by atoms with Gasteiger partial charge in [0.25, 0.3) is 0 Å². The number of aliphatic imine (C=N–C) groups is 1. The van der Waals surface area contributed by atoms with Gasteiger partial charge in [0.05, 0.1) is 6.42 Å². The first-order valence-electron chi connectivity index (χ1n) is 9.80. The molecule has 2 heterocycles. The summed E-state index contributed by atoms with van der Waals surface area (Å²) in [4.78, 5) is 19.3. The van der Waals surface area contributed by atoms with Crippen molar-refractivity contribution in [1.29, 1.82) is 0 Å². The van der Waals surface area contributed by atoms with Crippen molar-refractivity contribution in [2.45, 2.75) is 44.4 Å². The molecule has 1 aliphatic carbocycles. The van der Waals surface area contributed by atoms with Gasteiger partial charge in [-0.15, -0.1) is 0 Å². The second-order valence-corrected chi connectivity index (χ2v) is 8.28. The van der Waals surface area contributed by atoms with E-state index in [9.17, 15) is 4.79 Å². The molecule has 0 radical (unpaired) electrons. The number of rotatable bonds is 6. The summed E-state index contributed by atoms with van der Waals surface area (Å²) in [6.07, 6.45) is 6.74. The summed E-state index contributed by atoms with van der Waals surface area (Å²) in [6, 6.07) is 10.7. The number of carbonyl (C=O) groups excluding carboxylic acids is 1. The first-order chi connectivity index (χ1) is 12.8. The average Bonchev–Trinajstić information content (AvgIpc) is 3.34. The zero-order valence-electron chi connectivity index (χ0n) is 15.2. The number of amides is 1. The van der Waals surface area contributed by atoms with E-state index in [-0.39, 0.29) is 5.91 Å². The van der Waals surface area contributed by atoms with E-state index >= 15 is 0 Å². The second-order valence-electron chi connectivity index (χ2n) is 7.44. The van der Waals surface area contributed by atoms with Crippen molar-refractivity contribution in [2.24, 2.45) is 10.9 Å². The summed E-state index contributed by atoms with van der Waals surface area (Å²) in [5.74, 6) is 1.25. The minimum atomic E-state index is 0.127. The molecular formula is C21H27N3OS. The van der Waals surface area contributed by atoms with Crippen molar-refractivity contribution in [3.8, 4) is 0 Å². The molecule has 1 saturated carbocycles. The fourth-order valence-electron chi connectivity index (χ4n) is 4.34. The van der Waals surface area contributed by atoms with Crippen LogP contribution in [-0.4, -0.2) is 35.6 Å². The van der Waals surface area contributed by atoms with Crippen LogP contribution in [0.15, 0.2) is 46.4 Å². The van der Waals surface area contributed by atoms with Gasteiger partial charge < -0.3 is 10.2 Å². The van der Waals surface area contributed by atoms with Crippen molar-refractivity contribution in [2.75, 3.05) is 19.6 Å². The van der Waals surface area contributed by atoms with Crippen LogP contribution in [0, 0.1) is 5.92 Å². The molecule has 1 N–H and O–H groups in total. The Morgan fingerprint density at radius 3 is 2.85 bits per heavy atom. The van der Waals surface area contributed by atoms with Crippen molar-refractivity contribution in [3.63, 3.8) is 0 Å². The molecule has 1 aromatic rings. The van der Waals surface area contributed by atoms with Gasteiger partial charge in [0.15, 0.2) is 5.17 Å². The quantitative estimate of drug-likeness (QED) is 0.820. The van der Waals surface area contributed by atoms with Crippen LogP contribution in [0.3, 0.4) is 0 Å². The Morgan fingerprint density at radius 2 is 2.04 bits per heavy atom. The van der Waals surface area contributed by atoms with Crippen LogP contribution in [0.2, 0.25) is 0 Å². The Morgan fingerprint density at radius 1 is 1.23 bits per heavy atom. The summed E-state index contributed by atoms with van der Waals surface area (Å²) in [5, 5.41) is 6.38. The van der Waals surface area contributed by atoms with Crippen LogP contribution in [0.25, 0.3) is 0 Å². The Balaban J connectivity index is 1.36. The molecule has 0 bridgehead atoms. The lowest BCUT2D eigenvalue weighted by molar-refractivity contribution is -0.120. The molecule has 1 atom stereocenters. The highest BCUT2D eigenvalue weighted by atomic mass is 32.2. The maximum atomic E-state index is 12.6. The number of hydrogen-bond acceptors (Lipinski definition) is 4. The SMILES string of the molecule is O=C(CC1=CSC2=NCCCN12)NC[C@H](c1ccccc1)C1CCCC1. The van der Waals surface area contributed by atoms with Crippen LogP contribution < -0.4 is 5.32 Å². The first kappa shape index (κ1) is 17.7. The van der Waals surface area contributed by atoms with Gasteiger partial charge in [-0.3, -0.25) is 9.79 Å². The highest BCUT2D eigenvalue weighted by Crippen LogP contribution is 2.37. The lowest BCUT2D eigenvalue weighted by Gasteiger charge is -2.26. The minimum Gasteiger partial charge on any atom is -0.355 e. The molecule has 26 heavy (non-hydrogen) atoms. The maximum absolute atomic E-state index is 12.6. The summed E-state index contributed by atoms with van der Waals surface area (Å²) in [6.45, 7) is 2.64. The Bertz CT molecular complexity index is 694. The van der Waals surface area contributed by atoms with E-state index in [4.69, 9.17) is 0 Å². The number of hydrogen-bond donors (Lipinski definition) is 1. The number of thioether (sulfide) groups is 1. The van der Waals surface area contributed by atoms with E-state index in [1.54, 1.807) is 11.8 Å². The van der Waals surface area contributed by atoms with Crippen molar-refractivity contribution in [3.05, 3.63) is 47.0 Å². The van der Waals surface area contributed by atoms with Gasteiger partial charge in [0.2, 0.25) is 5.91 Å². The lowest BCUT2D eigenvalue weighted by atomic mass is 9.85. The van der Waals surface area contributed by atoms with Gasteiger partial charge >= 0.3 is 0 Å². The van der Waals surface area contributed by atoms with Crippen LogP contribution >= 0.6 is 11.8 Å². The Labute approximate surface area is 160 Å². The minimum absolute atomic E-state index is 0.127. The largest absolute Gasteiger partial charge is 0.355 e. The van der Waals surface area contributed by atoms with Crippen LogP contribution in [0.5, 0.6) is 0 Å². The van der Waals surface area contributed by atoms with E-state index in [0.717, 1.165) is 36.9 Å². The van der Waals surface area contributed by atoms with E-state index in [1.807, 2.05) is 0 Å². The molecule has 0 unspecified atom stereocenters. The van der Waals surface area contributed by atoms with Gasteiger partial charge in [-0.2, -0.15) is 0 Å². The average molecular weight is 370 g/mol. The van der Waals surface area contributed by atoms with Gasteiger partial charge in [0.1, 0.15) is 0 Å². The highest BCUT2D eigenvalue weighted by Gasteiger charge is 2.28. The normalized spacial score (nSPS) is 21.2. The zero-order chi connectivity index (χ0) is 17.8. The number of fused-ring (bicyclic) bond motifs is 1.